The topological polar surface area (TPSA) is 58.9 Å². The largest absolute Gasteiger partial charge is 0.343 e. The summed E-state index contributed by atoms with van der Waals surface area (Å²) in [7, 11) is 0. The summed E-state index contributed by atoms with van der Waals surface area (Å²) >= 11 is 14.8. The van der Waals surface area contributed by atoms with Crippen molar-refractivity contribution in [3.05, 3.63) is 49.0 Å². The van der Waals surface area contributed by atoms with Crippen LogP contribution in [-0.2, 0) is 0 Å². The van der Waals surface area contributed by atoms with E-state index in [9.17, 15) is 10.1 Å². The number of nitrogens with one attached hydrogen (secondary N) is 1. The number of aromatic nitrogens is 1. The molecule has 0 spiro atoms. The van der Waals surface area contributed by atoms with Crippen molar-refractivity contribution in [3.63, 3.8) is 0 Å². The number of halogens is 3. The average Bonchev–Trinajstić information content (AvgIpc) is 2.64. The van der Waals surface area contributed by atoms with Crippen LogP contribution < -0.4 is 0 Å². The lowest BCUT2D eigenvalue weighted by Gasteiger charge is -2.01. The molecule has 0 amide bonds. The Kier molecular flexibility index (Phi) is 3.42. The van der Waals surface area contributed by atoms with Crippen molar-refractivity contribution in [2.45, 2.75) is 0 Å². The van der Waals surface area contributed by atoms with Crippen molar-refractivity contribution in [3.8, 4) is 11.3 Å². The molecule has 1 aromatic heterocycles. The molecule has 2 rings (SSSR count). The zero-order valence-electron chi connectivity index (χ0n) is 8.21. The monoisotopic (exact) mass is 334 g/mol. The molecule has 1 aromatic carbocycles. The van der Waals surface area contributed by atoms with Gasteiger partial charge < -0.3 is 4.98 Å². The van der Waals surface area contributed by atoms with E-state index in [1.165, 1.54) is 6.07 Å². The Morgan fingerprint density at radius 1 is 1.24 bits per heavy atom. The number of nitrogens with zero attached hydrogens (tertiary/aromatic N) is 1. The van der Waals surface area contributed by atoms with Gasteiger partial charge in [0.05, 0.1) is 19.6 Å². The highest BCUT2D eigenvalue weighted by Crippen LogP contribution is 2.35. The first-order valence-corrected chi connectivity index (χ1v) is 6.02. The van der Waals surface area contributed by atoms with Crippen molar-refractivity contribution in [1.29, 1.82) is 0 Å². The Morgan fingerprint density at radius 3 is 2.53 bits per heavy atom. The van der Waals surface area contributed by atoms with E-state index in [1.807, 2.05) is 0 Å². The number of H-pyrrole nitrogens is 1. The third-order valence-corrected chi connectivity index (χ3v) is 3.34. The lowest BCUT2D eigenvalue weighted by atomic mass is 10.1. The zero-order valence-corrected chi connectivity index (χ0v) is 11.3. The van der Waals surface area contributed by atoms with E-state index < -0.39 is 4.92 Å². The SMILES string of the molecule is O=[N+]([O-])c1cc(Br)[nH]c1-c1ccc(Cl)c(Cl)c1. The maximum absolute atomic E-state index is 10.9. The van der Waals surface area contributed by atoms with Gasteiger partial charge in [-0.1, -0.05) is 29.3 Å². The highest BCUT2D eigenvalue weighted by molar-refractivity contribution is 9.10. The molecule has 0 aliphatic carbocycles. The summed E-state index contributed by atoms with van der Waals surface area (Å²) in [4.78, 5) is 13.3. The van der Waals surface area contributed by atoms with Gasteiger partial charge in [0.25, 0.3) is 5.69 Å². The van der Waals surface area contributed by atoms with Crippen molar-refractivity contribution in [1.82, 2.24) is 4.98 Å². The van der Waals surface area contributed by atoms with E-state index in [2.05, 4.69) is 20.9 Å². The Hall–Kier alpha value is -1.04. The van der Waals surface area contributed by atoms with Crippen LogP contribution in [0, 0.1) is 10.1 Å². The summed E-state index contributed by atoms with van der Waals surface area (Å²) in [6, 6.07) is 6.24. The molecule has 0 saturated heterocycles. The second kappa shape index (κ2) is 4.68. The number of hydrogen-bond donors (Lipinski definition) is 1. The molecule has 88 valence electrons. The van der Waals surface area contributed by atoms with Crippen LogP contribution >= 0.6 is 39.1 Å². The fraction of sp³-hybridized carbons (Fsp3) is 0. The first-order chi connectivity index (χ1) is 7.99. The molecule has 0 aliphatic rings. The molecule has 0 atom stereocenters. The molecule has 2 aromatic rings. The average molecular weight is 336 g/mol. The summed E-state index contributed by atoms with van der Waals surface area (Å²) in [5, 5.41) is 11.6. The first-order valence-electron chi connectivity index (χ1n) is 4.47. The minimum atomic E-state index is -0.459. The highest BCUT2D eigenvalue weighted by Gasteiger charge is 2.19. The predicted octanol–water partition coefficient (Wildman–Crippen LogP) is 4.66. The van der Waals surface area contributed by atoms with Gasteiger partial charge >= 0.3 is 0 Å². The number of nitro groups is 1. The number of hydrogen-bond acceptors (Lipinski definition) is 2. The normalized spacial score (nSPS) is 10.5. The van der Waals surface area contributed by atoms with Gasteiger partial charge in [-0.2, -0.15) is 0 Å². The standard InChI is InChI=1S/C10H5BrCl2N2O2/c11-9-4-8(15(16)17)10(14-9)5-1-2-6(12)7(13)3-5/h1-4,14H. The molecule has 0 saturated carbocycles. The van der Waals surface area contributed by atoms with E-state index in [-0.39, 0.29) is 5.69 Å². The second-order valence-electron chi connectivity index (χ2n) is 3.26. The summed E-state index contributed by atoms with van der Waals surface area (Å²) < 4.78 is 0.533. The van der Waals surface area contributed by atoms with Gasteiger partial charge in [-0.05, 0) is 28.1 Å². The number of aromatic amines is 1. The van der Waals surface area contributed by atoms with Gasteiger partial charge in [-0.3, -0.25) is 10.1 Å². The van der Waals surface area contributed by atoms with Crippen LogP contribution in [0.2, 0.25) is 10.0 Å². The smallest absolute Gasteiger partial charge is 0.295 e. The maximum Gasteiger partial charge on any atom is 0.295 e. The quantitative estimate of drug-likeness (QED) is 0.641. The van der Waals surface area contributed by atoms with Gasteiger partial charge in [-0.25, -0.2) is 0 Å². The number of benzene rings is 1. The van der Waals surface area contributed by atoms with Crippen LogP contribution in [0.5, 0.6) is 0 Å². The minimum absolute atomic E-state index is 0.0183. The van der Waals surface area contributed by atoms with E-state index in [1.54, 1.807) is 18.2 Å². The Morgan fingerprint density at radius 2 is 1.94 bits per heavy atom. The highest BCUT2D eigenvalue weighted by atomic mass is 79.9. The summed E-state index contributed by atoms with van der Waals surface area (Å²) in [6.45, 7) is 0. The van der Waals surface area contributed by atoms with Crippen molar-refractivity contribution in [2.24, 2.45) is 0 Å². The molecular weight excluding hydrogens is 331 g/mol. The van der Waals surface area contributed by atoms with Crippen molar-refractivity contribution in [2.75, 3.05) is 0 Å². The molecule has 7 heteroatoms. The zero-order chi connectivity index (χ0) is 12.6. The van der Waals surface area contributed by atoms with Crippen LogP contribution in [-0.4, -0.2) is 9.91 Å². The fourth-order valence-corrected chi connectivity index (χ4v) is 2.14. The molecule has 0 radical (unpaired) electrons. The minimum Gasteiger partial charge on any atom is -0.343 e. The van der Waals surface area contributed by atoms with Crippen molar-refractivity contribution >= 4 is 44.8 Å². The Bertz CT molecular complexity index is 598. The van der Waals surface area contributed by atoms with Crippen LogP contribution in [0.1, 0.15) is 0 Å². The molecule has 0 unspecified atom stereocenters. The molecule has 0 fully saturated rings. The van der Waals surface area contributed by atoms with Gasteiger partial charge in [0.2, 0.25) is 0 Å². The van der Waals surface area contributed by atoms with Gasteiger partial charge in [0.15, 0.2) is 0 Å². The maximum atomic E-state index is 10.9. The van der Waals surface area contributed by atoms with Crippen LogP contribution in [0.25, 0.3) is 11.3 Å². The van der Waals surface area contributed by atoms with E-state index >= 15 is 0 Å². The first kappa shape index (κ1) is 12.4. The molecule has 0 bridgehead atoms. The van der Waals surface area contributed by atoms with Gasteiger partial charge in [0, 0.05) is 11.6 Å². The molecule has 0 aliphatic heterocycles. The van der Waals surface area contributed by atoms with E-state index in [0.29, 0.717) is 25.9 Å². The lowest BCUT2D eigenvalue weighted by Crippen LogP contribution is -1.89. The molecule has 1 N–H and O–H groups in total. The summed E-state index contributed by atoms with van der Waals surface area (Å²) in [6.07, 6.45) is 0. The van der Waals surface area contributed by atoms with Crippen LogP contribution in [0.3, 0.4) is 0 Å². The van der Waals surface area contributed by atoms with Crippen molar-refractivity contribution < 1.29 is 4.92 Å². The third-order valence-electron chi connectivity index (χ3n) is 2.17. The van der Waals surface area contributed by atoms with Crippen LogP contribution in [0.15, 0.2) is 28.9 Å². The number of rotatable bonds is 2. The molecular formula is C10H5BrCl2N2O2. The van der Waals surface area contributed by atoms with Crippen LogP contribution in [0.4, 0.5) is 5.69 Å². The summed E-state index contributed by atoms with van der Waals surface area (Å²) in [5.41, 5.74) is 0.979. The Labute approximate surface area is 115 Å². The predicted molar refractivity (Wildman–Crippen MR) is 70.6 cm³/mol. The molecule has 4 nitrogen and oxygen atoms in total. The van der Waals surface area contributed by atoms with E-state index in [4.69, 9.17) is 23.2 Å². The Balaban J connectivity index is 2.59. The fourth-order valence-electron chi connectivity index (χ4n) is 1.43. The third kappa shape index (κ3) is 2.46. The van der Waals surface area contributed by atoms with Gasteiger partial charge in [0.1, 0.15) is 5.69 Å². The van der Waals surface area contributed by atoms with Gasteiger partial charge in [-0.15, -0.1) is 0 Å². The molecule has 17 heavy (non-hydrogen) atoms. The molecule has 1 heterocycles. The second-order valence-corrected chi connectivity index (χ2v) is 4.93. The summed E-state index contributed by atoms with van der Waals surface area (Å²) in [5.74, 6) is 0. The lowest BCUT2D eigenvalue weighted by molar-refractivity contribution is -0.384. The van der Waals surface area contributed by atoms with E-state index in [0.717, 1.165) is 0 Å².